The number of piperazine rings is 1. The van der Waals surface area contributed by atoms with Crippen LogP contribution in [-0.2, 0) is 4.79 Å². The SMILES string of the molecule is COc1ccc(C(=O)N2CCN(C(=O)C=C(C)C)CC2)cc1. The topological polar surface area (TPSA) is 49.9 Å². The Bertz CT molecular complexity index is 566. The third-order valence-corrected chi connectivity index (χ3v) is 3.63. The minimum Gasteiger partial charge on any atom is -0.497 e. The van der Waals surface area contributed by atoms with Gasteiger partial charge in [-0.1, -0.05) is 5.57 Å². The first-order chi connectivity index (χ1) is 10.5. The highest BCUT2D eigenvalue weighted by molar-refractivity contribution is 5.94. The number of amides is 2. The smallest absolute Gasteiger partial charge is 0.253 e. The number of hydrogen-bond acceptors (Lipinski definition) is 3. The van der Waals surface area contributed by atoms with E-state index in [2.05, 4.69) is 0 Å². The predicted molar refractivity (Wildman–Crippen MR) is 84.9 cm³/mol. The maximum Gasteiger partial charge on any atom is 0.253 e. The third kappa shape index (κ3) is 3.87. The number of nitrogens with zero attached hydrogens (tertiary/aromatic N) is 2. The van der Waals surface area contributed by atoms with Crippen LogP contribution in [0.5, 0.6) is 5.75 Å². The molecule has 0 radical (unpaired) electrons. The second-order valence-electron chi connectivity index (χ2n) is 5.57. The molecule has 1 saturated heterocycles. The van der Waals surface area contributed by atoms with E-state index in [1.54, 1.807) is 47.3 Å². The second-order valence-corrected chi connectivity index (χ2v) is 5.57. The summed E-state index contributed by atoms with van der Waals surface area (Å²) >= 11 is 0. The van der Waals surface area contributed by atoms with Crippen LogP contribution in [0, 0.1) is 0 Å². The van der Waals surface area contributed by atoms with Gasteiger partial charge >= 0.3 is 0 Å². The van der Waals surface area contributed by atoms with Crippen molar-refractivity contribution in [3.63, 3.8) is 0 Å². The van der Waals surface area contributed by atoms with E-state index in [0.717, 1.165) is 11.3 Å². The van der Waals surface area contributed by atoms with Gasteiger partial charge in [0.05, 0.1) is 7.11 Å². The summed E-state index contributed by atoms with van der Waals surface area (Å²) in [5, 5.41) is 0. The van der Waals surface area contributed by atoms with Gasteiger partial charge in [0.1, 0.15) is 5.75 Å². The molecular weight excluding hydrogens is 280 g/mol. The fraction of sp³-hybridized carbons (Fsp3) is 0.412. The lowest BCUT2D eigenvalue weighted by molar-refractivity contribution is -0.127. The number of hydrogen-bond donors (Lipinski definition) is 0. The van der Waals surface area contributed by atoms with Gasteiger partial charge in [0.2, 0.25) is 5.91 Å². The average Bonchev–Trinajstić information content (AvgIpc) is 2.54. The zero-order chi connectivity index (χ0) is 16.1. The van der Waals surface area contributed by atoms with Gasteiger partial charge in [0.15, 0.2) is 0 Å². The zero-order valence-electron chi connectivity index (χ0n) is 13.3. The minimum atomic E-state index is -0.00281. The molecule has 2 amide bonds. The van der Waals surface area contributed by atoms with Crippen molar-refractivity contribution in [3.05, 3.63) is 41.5 Å². The Morgan fingerprint density at radius 3 is 2.05 bits per heavy atom. The largest absolute Gasteiger partial charge is 0.497 e. The number of carbonyl (C=O) groups is 2. The van der Waals surface area contributed by atoms with Gasteiger partial charge in [0.25, 0.3) is 5.91 Å². The molecule has 0 N–H and O–H groups in total. The molecule has 1 fully saturated rings. The van der Waals surface area contributed by atoms with Gasteiger partial charge in [-0.05, 0) is 38.1 Å². The van der Waals surface area contributed by atoms with Crippen LogP contribution in [-0.4, -0.2) is 54.9 Å². The molecule has 0 unspecified atom stereocenters. The highest BCUT2D eigenvalue weighted by atomic mass is 16.5. The molecule has 1 aliphatic heterocycles. The Hall–Kier alpha value is -2.30. The van der Waals surface area contributed by atoms with Crippen LogP contribution in [0.1, 0.15) is 24.2 Å². The Kier molecular flexibility index (Phi) is 5.20. The summed E-state index contributed by atoms with van der Waals surface area (Å²) in [6, 6.07) is 7.09. The summed E-state index contributed by atoms with van der Waals surface area (Å²) in [5.74, 6) is 0.752. The molecule has 1 aromatic rings. The van der Waals surface area contributed by atoms with Gasteiger partial charge in [-0.2, -0.15) is 0 Å². The van der Waals surface area contributed by atoms with Crippen molar-refractivity contribution in [2.45, 2.75) is 13.8 Å². The molecule has 1 aliphatic rings. The van der Waals surface area contributed by atoms with Crippen LogP contribution in [0.3, 0.4) is 0 Å². The molecule has 0 aromatic heterocycles. The van der Waals surface area contributed by atoms with Crippen LogP contribution in [0.4, 0.5) is 0 Å². The Morgan fingerprint density at radius 1 is 1.00 bits per heavy atom. The van der Waals surface area contributed by atoms with E-state index in [1.165, 1.54) is 0 Å². The van der Waals surface area contributed by atoms with Gasteiger partial charge in [-0.25, -0.2) is 0 Å². The van der Waals surface area contributed by atoms with Crippen LogP contribution < -0.4 is 4.74 Å². The monoisotopic (exact) mass is 302 g/mol. The van der Waals surface area contributed by atoms with Crippen molar-refractivity contribution in [2.24, 2.45) is 0 Å². The number of methoxy groups -OCH3 is 1. The number of allylic oxidation sites excluding steroid dienone is 1. The van der Waals surface area contributed by atoms with Crippen molar-refractivity contribution in [1.82, 2.24) is 9.80 Å². The van der Waals surface area contributed by atoms with Crippen LogP contribution in [0.2, 0.25) is 0 Å². The van der Waals surface area contributed by atoms with Crippen molar-refractivity contribution in [1.29, 1.82) is 0 Å². The van der Waals surface area contributed by atoms with Crippen molar-refractivity contribution in [2.75, 3.05) is 33.3 Å². The van der Waals surface area contributed by atoms with E-state index < -0.39 is 0 Å². The van der Waals surface area contributed by atoms with E-state index >= 15 is 0 Å². The molecule has 5 heteroatoms. The molecule has 118 valence electrons. The Morgan fingerprint density at radius 2 is 1.55 bits per heavy atom. The minimum absolute atomic E-state index is 0.00281. The maximum absolute atomic E-state index is 12.4. The van der Waals surface area contributed by atoms with E-state index in [1.807, 2.05) is 13.8 Å². The highest BCUT2D eigenvalue weighted by Crippen LogP contribution is 2.14. The molecule has 0 spiro atoms. The Labute approximate surface area is 131 Å². The molecule has 0 bridgehead atoms. The molecule has 0 aliphatic carbocycles. The first-order valence-electron chi connectivity index (χ1n) is 7.38. The quantitative estimate of drug-likeness (QED) is 0.802. The van der Waals surface area contributed by atoms with E-state index in [4.69, 9.17) is 4.74 Å². The van der Waals surface area contributed by atoms with E-state index in [-0.39, 0.29) is 11.8 Å². The molecule has 5 nitrogen and oxygen atoms in total. The fourth-order valence-electron chi connectivity index (χ4n) is 2.38. The lowest BCUT2D eigenvalue weighted by Crippen LogP contribution is -2.50. The number of carbonyl (C=O) groups excluding carboxylic acids is 2. The summed E-state index contributed by atoms with van der Waals surface area (Å²) in [4.78, 5) is 27.9. The van der Waals surface area contributed by atoms with Gasteiger partial charge in [0, 0.05) is 37.8 Å². The Balaban J connectivity index is 1.94. The number of ether oxygens (including phenoxy) is 1. The van der Waals surface area contributed by atoms with Crippen LogP contribution in [0.15, 0.2) is 35.9 Å². The lowest BCUT2D eigenvalue weighted by atomic mass is 10.1. The molecule has 22 heavy (non-hydrogen) atoms. The molecular formula is C17H22N2O3. The predicted octanol–water partition coefficient (Wildman–Crippen LogP) is 1.95. The standard InChI is InChI=1S/C17H22N2O3/c1-13(2)12-16(20)18-8-10-19(11-9-18)17(21)14-4-6-15(22-3)7-5-14/h4-7,12H,8-11H2,1-3H3. The number of rotatable bonds is 3. The summed E-state index contributed by atoms with van der Waals surface area (Å²) < 4.78 is 5.09. The van der Waals surface area contributed by atoms with E-state index in [9.17, 15) is 9.59 Å². The summed E-state index contributed by atoms with van der Waals surface area (Å²) in [7, 11) is 1.60. The molecule has 2 rings (SSSR count). The van der Waals surface area contributed by atoms with Crippen molar-refractivity contribution in [3.8, 4) is 5.75 Å². The van der Waals surface area contributed by atoms with Gasteiger partial charge in [-0.15, -0.1) is 0 Å². The summed E-state index contributed by atoms with van der Waals surface area (Å²) in [6.07, 6.45) is 1.64. The highest BCUT2D eigenvalue weighted by Gasteiger charge is 2.23. The van der Waals surface area contributed by atoms with E-state index in [0.29, 0.717) is 31.7 Å². The fourth-order valence-corrected chi connectivity index (χ4v) is 2.38. The molecule has 1 aromatic carbocycles. The van der Waals surface area contributed by atoms with Gasteiger partial charge < -0.3 is 14.5 Å². The molecule has 1 heterocycles. The molecule has 0 saturated carbocycles. The summed E-state index contributed by atoms with van der Waals surface area (Å²) in [6.45, 7) is 6.08. The summed E-state index contributed by atoms with van der Waals surface area (Å²) in [5.41, 5.74) is 1.63. The lowest BCUT2D eigenvalue weighted by Gasteiger charge is -2.34. The normalized spacial score (nSPS) is 14.5. The van der Waals surface area contributed by atoms with Gasteiger partial charge in [-0.3, -0.25) is 9.59 Å². The molecule has 0 atom stereocenters. The second kappa shape index (κ2) is 7.11. The first kappa shape index (κ1) is 16.1. The van der Waals surface area contributed by atoms with Crippen molar-refractivity contribution >= 4 is 11.8 Å². The zero-order valence-corrected chi connectivity index (χ0v) is 13.3. The maximum atomic E-state index is 12.4. The third-order valence-electron chi connectivity index (χ3n) is 3.63. The van der Waals surface area contributed by atoms with Crippen LogP contribution >= 0.6 is 0 Å². The average molecular weight is 302 g/mol. The number of benzene rings is 1. The first-order valence-corrected chi connectivity index (χ1v) is 7.38. The van der Waals surface area contributed by atoms with Crippen molar-refractivity contribution < 1.29 is 14.3 Å². The van der Waals surface area contributed by atoms with Crippen LogP contribution in [0.25, 0.3) is 0 Å².